The fraction of sp³-hybridized carbons (Fsp3) is 0.226. The second-order valence-corrected chi connectivity index (χ2v) is 10.6. The average molecular weight is 415 g/mol. The van der Waals surface area contributed by atoms with Gasteiger partial charge < -0.3 is 4.42 Å². The van der Waals surface area contributed by atoms with E-state index in [4.69, 9.17) is 4.42 Å². The summed E-state index contributed by atoms with van der Waals surface area (Å²) < 4.78 is 6.68. The van der Waals surface area contributed by atoms with Crippen LogP contribution in [0.3, 0.4) is 0 Å². The van der Waals surface area contributed by atoms with Crippen LogP contribution in [0.2, 0.25) is 0 Å². The molecule has 1 aromatic heterocycles. The van der Waals surface area contributed by atoms with Crippen LogP contribution < -0.4 is 0 Å². The zero-order valence-electron chi connectivity index (χ0n) is 19.3. The van der Waals surface area contributed by atoms with Crippen molar-refractivity contribution in [1.29, 1.82) is 0 Å². The van der Waals surface area contributed by atoms with E-state index in [1.165, 1.54) is 60.8 Å². The average Bonchev–Trinajstić information content (AvgIpc) is 3.34. The first-order chi connectivity index (χ1) is 15.3. The molecule has 0 fully saturated rings. The maximum Gasteiger partial charge on any atom is 0.144 e. The molecule has 1 heteroatoms. The SMILES string of the molecule is Cc1ccc2c(c1)C(C)(C)c1c3c(c4oc5ccccc5c4c1-2)-c1ccccc1C3(C)C. The molecule has 0 saturated heterocycles. The molecule has 32 heavy (non-hydrogen) atoms. The number of rotatable bonds is 0. The largest absolute Gasteiger partial charge is 0.455 e. The van der Waals surface area contributed by atoms with Crippen LogP contribution in [0, 0.1) is 6.92 Å². The first kappa shape index (κ1) is 18.3. The van der Waals surface area contributed by atoms with Gasteiger partial charge >= 0.3 is 0 Å². The quantitative estimate of drug-likeness (QED) is 0.247. The molecule has 0 atom stereocenters. The number of furan rings is 1. The lowest BCUT2D eigenvalue weighted by Gasteiger charge is -2.31. The first-order valence-corrected chi connectivity index (χ1v) is 11.6. The third-order valence-corrected chi connectivity index (χ3v) is 8.06. The maximum atomic E-state index is 6.68. The Morgan fingerprint density at radius 1 is 0.656 bits per heavy atom. The van der Waals surface area contributed by atoms with Gasteiger partial charge in [0.25, 0.3) is 0 Å². The highest BCUT2D eigenvalue weighted by atomic mass is 16.3. The Labute approximate surface area is 188 Å². The third-order valence-electron chi connectivity index (χ3n) is 8.06. The lowest BCUT2D eigenvalue weighted by Crippen LogP contribution is -2.24. The van der Waals surface area contributed by atoms with Crippen LogP contribution >= 0.6 is 0 Å². The highest BCUT2D eigenvalue weighted by Crippen LogP contribution is 2.62. The summed E-state index contributed by atoms with van der Waals surface area (Å²) >= 11 is 0. The predicted molar refractivity (Wildman–Crippen MR) is 134 cm³/mol. The van der Waals surface area contributed by atoms with Crippen molar-refractivity contribution in [3.63, 3.8) is 0 Å². The van der Waals surface area contributed by atoms with Crippen molar-refractivity contribution in [1.82, 2.24) is 0 Å². The van der Waals surface area contributed by atoms with Crippen LogP contribution in [0.5, 0.6) is 0 Å². The van der Waals surface area contributed by atoms with Crippen molar-refractivity contribution >= 4 is 21.9 Å². The van der Waals surface area contributed by atoms with Gasteiger partial charge in [-0.3, -0.25) is 0 Å². The Kier molecular flexibility index (Phi) is 3.16. The van der Waals surface area contributed by atoms with Crippen LogP contribution in [-0.2, 0) is 10.8 Å². The number of hydrogen-bond donors (Lipinski definition) is 0. The summed E-state index contributed by atoms with van der Waals surface area (Å²) in [4.78, 5) is 0. The van der Waals surface area contributed by atoms with E-state index in [1.807, 2.05) is 0 Å². The van der Waals surface area contributed by atoms with Crippen LogP contribution in [0.25, 0.3) is 44.2 Å². The molecule has 0 aliphatic heterocycles. The zero-order valence-corrected chi connectivity index (χ0v) is 19.3. The fourth-order valence-electron chi connectivity index (χ4n) is 6.64. The Morgan fingerprint density at radius 2 is 1.31 bits per heavy atom. The summed E-state index contributed by atoms with van der Waals surface area (Å²) in [5.41, 5.74) is 14.3. The molecular weight excluding hydrogens is 388 g/mol. The molecule has 1 heterocycles. The lowest BCUT2D eigenvalue weighted by molar-refractivity contribution is 0.600. The van der Waals surface area contributed by atoms with Gasteiger partial charge in [-0.15, -0.1) is 0 Å². The van der Waals surface area contributed by atoms with Gasteiger partial charge in [0.15, 0.2) is 0 Å². The highest BCUT2D eigenvalue weighted by Gasteiger charge is 2.48. The van der Waals surface area contributed by atoms with E-state index < -0.39 is 0 Å². The van der Waals surface area contributed by atoms with Crippen molar-refractivity contribution in [3.8, 4) is 22.3 Å². The number of aryl methyl sites for hydroxylation is 1. The van der Waals surface area contributed by atoms with E-state index in [1.54, 1.807) is 0 Å². The minimum atomic E-state index is -0.0858. The molecule has 4 aromatic carbocycles. The Hall–Kier alpha value is -3.32. The molecular formula is C31H26O. The van der Waals surface area contributed by atoms with E-state index in [9.17, 15) is 0 Å². The van der Waals surface area contributed by atoms with E-state index >= 15 is 0 Å². The van der Waals surface area contributed by atoms with Gasteiger partial charge in [-0.05, 0) is 51.9 Å². The number of para-hydroxylation sites is 1. The van der Waals surface area contributed by atoms with Gasteiger partial charge in [0.1, 0.15) is 11.2 Å². The minimum Gasteiger partial charge on any atom is -0.455 e. The van der Waals surface area contributed by atoms with Gasteiger partial charge in [0.2, 0.25) is 0 Å². The maximum absolute atomic E-state index is 6.68. The zero-order chi connectivity index (χ0) is 22.0. The topological polar surface area (TPSA) is 13.1 Å². The molecule has 0 saturated carbocycles. The highest BCUT2D eigenvalue weighted by molar-refractivity contribution is 6.20. The van der Waals surface area contributed by atoms with Gasteiger partial charge in [-0.1, -0.05) is 93.9 Å². The van der Waals surface area contributed by atoms with E-state index in [0.29, 0.717) is 0 Å². The summed E-state index contributed by atoms with van der Waals surface area (Å²) in [5, 5.41) is 2.49. The normalized spacial score (nSPS) is 16.8. The summed E-state index contributed by atoms with van der Waals surface area (Å²) in [6.45, 7) is 11.8. The van der Waals surface area contributed by atoms with Crippen molar-refractivity contribution in [2.75, 3.05) is 0 Å². The fourth-order valence-corrected chi connectivity index (χ4v) is 6.64. The summed E-state index contributed by atoms with van der Waals surface area (Å²) in [5.74, 6) is 0. The van der Waals surface area contributed by atoms with Crippen molar-refractivity contribution in [2.45, 2.75) is 45.4 Å². The van der Waals surface area contributed by atoms with Crippen LogP contribution in [0.4, 0.5) is 0 Å². The summed E-state index contributed by atoms with van der Waals surface area (Å²) in [6, 6.07) is 24.4. The third kappa shape index (κ3) is 1.92. The predicted octanol–water partition coefficient (Wildman–Crippen LogP) is 8.51. The molecule has 0 radical (unpaired) electrons. The standard InChI is InChI=1S/C31H26O/c1-17-14-15-19-22(16-17)31(4,5)27-24(19)25-20-11-7-9-13-23(20)32-29(25)26-18-10-6-8-12-21(18)30(2,3)28(26)27/h6-16H,1-5H3. The molecule has 7 rings (SSSR count). The van der Waals surface area contributed by atoms with E-state index in [0.717, 1.165) is 11.2 Å². The molecule has 0 unspecified atom stereocenters. The molecule has 156 valence electrons. The van der Waals surface area contributed by atoms with E-state index in [-0.39, 0.29) is 10.8 Å². The molecule has 2 aliphatic rings. The van der Waals surface area contributed by atoms with Crippen molar-refractivity contribution in [3.05, 3.63) is 94.5 Å². The number of benzene rings is 4. The van der Waals surface area contributed by atoms with E-state index in [2.05, 4.69) is 101 Å². The van der Waals surface area contributed by atoms with Crippen LogP contribution in [0.1, 0.15) is 55.5 Å². The second-order valence-electron chi connectivity index (χ2n) is 10.6. The van der Waals surface area contributed by atoms with Crippen molar-refractivity contribution < 1.29 is 4.42 Å². The molecule has 0 amide bonds. The second kappa shape index (κ2) is 5.53. The molecule has 0 N–H and O–H groups in total. The molecule has 0 bridgehead atoms. The van der Waals surface area contributed by atoms with Gasteiger partial charge in [0, 0.05) is 27.2 Å². The van der Waals surface area contributed by atoms with Gasteiger partial charge in [-0.25, -0.2) is 0 Å². The van der Waals surface area contributed by atoms with Crippen LogP contribution in [-0.4, -0.2) is 0 Å². The van der Waals surface area contributed by atoms with Gasteiger partial charge in [-0.2, -0.15) is 0 Å². The molecule has 5 aromatic rings. The minimum absolute atomic E-state index is 0.0767. The molecule has 2 aliphatic carbocycles. The summed E-state index contributed by atoms with van der Waals surface area (Å²) in [6.07, 6.45) is 0. The Morgan fingerprint density at radius 3 is 2.16 bits per heavy atom. The van der Waals surface area contributed by atoms with Gasteiger partial charge in [0.05, 0.1) is 0 Å². The first-order valence-electron chi connectivity index (χ1n) is 11.6. The van der Waals surface area contributed by atoms with Crippen LogP contribution in [0.15, 0.2) is 71.1 Å². The monoisotopic (exact) mass is 414 g/mol. The number of hydrogen-bond acceptors (Lipinski definition) is 1. The Bertz CT molecular complexity index is 1620. The van der Waals surface area contributed by atoms with Crippen molar-refractivity contribution in [2.24, 2.45) is 0 Å². The molecule has 0 spiro atoms. The Balaban J connectivity index is 1.81. The smallest absolute Gasteiger partial charge is 0.144 e. The lowest BCUT2D eigenvalue weighted by atomic mass is 9.72. The number of fused-ring (bicyclic) bond motifs is 12. The summed E-state index contributed by atoms with van der Waals surface area (Å²) in [7, 11) is 0. The molecule has 1 nitrogen and oxygen atoms in total.